The van der Waals surface area contributed by atoms with E-state index >= 15 is 0 Å². The van der Waals surface area contributed by atoms with Crippen LogP contribution in [0.4, 0.5) is 10.2 Å². The first kappa shape index (κ1) is 19.0. The molecule has 7 nitrogen and oxygen atoms in total. The molecule has 3 aromatic heterocycles. The summed E-state index contributed by atoms with van der Waals surface area (Å²) in [4.78, 5) is 21.0. The number of nitrogens with zero attached hydrogens (tertiary/aromatic N) is 4. The smallest absolute Gasteiger partial charge is 0.226 e. The zero-order valence-electron chi connectivity index (χ0n) is 16.5. The number of rotatable bonds is 4. The predicted octanol–water partition coefficient (Wildman–Crippen LogP) is 3.91. The number of nitrogens with one attached hydrogen (secondary N) is 1. The molecule has 0 bridgehead atoms. The lowest BCUT2D eigenvalue weighted by Crippen LogP contribution is -2.21. The van der Waals surface area contributed by atoms with Gasteiger partial charge < -0.3 is 14.4 Å². The van der Waals surface area contributed by atoms with E-state index in [4.69, 9.17) is 4.52 Å². The molecule has 1 amide bonds. The number of carbonyl (C=O) groups excluding carboxylic acids is 1. The Morgan fingerprint density at radius 2 is 1.96 bits per heavy atom. The molecular formula is C19H24FN5O2. The number of aryl methyl sites for hydroxylation is 2. The van der Waals surface area contributed by atoms with E-state index in [2.05, 4.69) is 20.4 Å². The molecule has 8 heteroatoms. The lowest BCUT2D eigenvalue weighted by atomic mass is 9.92. The zero-order chi connectivity index (χ0) is 19.9. The highest BCUT2D eigenvalue weighted by Gasteiger charge is 2.22. The van der Waals surface area contributed by atoms with E-state index in [0.29, 0.717) is 35.8 Å². The average molecular weight is 373 g/mol. The third kappa shape index (κ3) is 3.99. The Morgan fingerprint density at radius 1 is 1.26 bits per heavy atom. The second-order valence-electron chi connectivity index (χ2n) is 8.04. The first-order chi connectivity index (χ1) is 12.5. The van der Waals surface area contributed by atoms with Crippen LogP contribution in [0.15, 0.2) is 10.6 Å². The number of hydrogen-bond donors (Lipinski definition) is 1. The molecule has 0 radical (unpaired) electrons. The van der Waals surface area contributed by atoms with Crippen LogP contribution in [-0.2, 0) is 11.3 Å². The molecule has 0 saturated carbocycles. The Hall–Kier alpha value is -2.77. The van der Waals surface area contributed by atoms with E-state index in [1.165, 1.54) is 0 Å². The van der Waals surface area contributed by atoms with E-state index in [-0.39, 0.29) is 22.7 Å². The van der Waals surface area contributed by atoms with E-state index in [1.807, 2.05) is 27.7 Å². The molecule has 27 heavy (non-hydrogen) atoms. The minimum Gasteiger partial charge on any atom is -0.359 e. The molecule has 144 valence electrons. The van der Waals surface area contributed by atoms with Gasteiger partial charge in [0.25, 0.3) is 0 Å². The summed E-state index contributed by atoms with van der Waals surface area (Å²) in [6.07, 6.45) is 0.333. The zero-order valence-corrected chi connectivity index (χ0v) is 16.5. The lowest BCUT2D eigenvalue weighted by Gasteiger charge is -2.17. The van der Waals surface area contributed by atoms with Crippen molar-refractivity contribution >= 4 is 22.9 Å². The van der Waals surface area contributed by atoms with Gasteiger partial charge in [-0.2, -0.15) is 0 Å². The van der Waals surface area contributed by atoms with E-state index in [1.54, 1.807) is 24.5 Å². The molecular weight excluding hydrogens is 349 g/mol. The third-order valence-corrected chi connectivity index (χ3v) is 4.18. The van der Waals surface area contributed by atoms with Crippen molar-refractivity contribution in [2.45, 2.75) is 54.5 Å². The summed E-state index contributed by atoms with van der Waals surface area (Å²) in [6.45, 7) is 11.5. The number of anilines is 1. The number of halogens is 1. The Kier molecular flexibility index (Phi) is 4.75. The topological polar surface area (TPSA) is 85.8 Å². The van der Waals surface area contributed by atoms with Crippen molar-refractivity contribution in [1.29, 1.82) is 0 Å². The molecule has 3 heterocycles. The summed E-state index contributed by atoms with van der Waals surface area (Å²) < 4.78 is 21.7. The molecule has 0 aliphatic heterocycles. The van der Waals surface area contributed by atoms with Crippen molar-refractivity contribution in [2.24, 2.45) is 5.41 Å². The molecule has 0 fully saturated rings. The highest BCUT2D eigenvalue weighted by molar-refractivity contribution is 5.91. The highest BCUT2D eigenvalue weighted by atomic mass is 19.1. The molecule has 0 spiro atoms. The van der Waals surface area contributed by atoms with Gasteiger partial charge in [0.15, 0.2) is 23.0 Å². The second-order valence-corrected chi connectivity index (χ2v) is 8.04. The lowest BCUT2D eigenvalue weighted by molar-refractivity contribution is -0.117. The van der Waals surface area contributed by atoms with Crippen LogP contribution in [0.25, 0.3) is 11.2 Å². The molecule has 3 rings (SSSR count). The van der Waals surface area contributed by atoms with Crippen LogP contribution >= 0.6 is 0 Å². The quantitative estimate of drug-likeness (QED) is 0.749. The summed E-state index contributed by atoms with van der Waals surface area (Å²) >= 11 is 0. The van der Waals surface area contributed by atoms with Gasteiger partial charge in [0.05, 0.1) is 23.6 Å². The van der Waals surface area contributed by atoms with Crippen LogP contribution < -0.4 is 5.32 Å². The fraction of sp³-hybridized carbons (Fsp3) is 0.474. The van der Waals surface area contributed by atoms with E-state index in [0.717, 1.165) is 5.69 Å². The molecule has 1 N–H and O–H groups in total. The summed E-state index contributed by atoms with van der Waals surface area (Å²) in [5.74, 6) is 0.255. The number of fused-ring (bicyclic) bond motifs is 1. The van der Waals surface area contributed by atoms with Crippen molar-refractivity contribution in [3.8, 4) is 0 Å². The number of carbonyl (C=O) groups is 1. The molecule has 0 saturated heterocycles. The van der Waals surface area contributed by atoms with Crippen LogP contribution in [0.1, 0.15) is 50.0 Å². The monoisotopic (exact) mass is 373 g/mol. The van der Waals surface area contributed by atoms with Gasteiger partial charge in [0, 0.05) is 12.5 Å². The van der Waals surface area contributed by atoms with Crippen molar-refractivity contribution in [3.05, 3.63) is 34.7 Å². The second kappa shape index (κ2) is 6.75. The number of hydrogen-bond acceptors (Lipinski definition) is 5. The Bertz CT molecular complexity index is 1010. The van der Waals surface area contributed by atoms with Crippen molar-refractivity contribution in [2.75, 3.05) is 5.32 Å². The van der Waals surface area contributed by atoms with E-state index < -0.39 is 5.82 Å². The van der Waals surface area contributed by atoms with Crippen molar-refractivity contribution < 1.29 is 13.7 Å². The first-order valence-electron chi connectivity index (χ1n) is 8.80. The SMILES string of the molecule is Cc1cc(Cn2c(C)c(F)c3nc(NC(=O)CC(C)(C)C)c(C)nc32)on1. The maximum absolute atomic E-state index is 14.8. The third-order valence-electron chi connectivity index (χ3n) is 4.18. The standard InChI is InChI=1S/C19H24FN5O2/c1-10-7-13(27-24-10)9-25-12(3)15(20)16-18(25)21-11(2)17(23-16)22-14(26)8-19(4,5)6/h7H,8-9H2,1-6H3,(H,22,23,26). The molecule has 0 atom stereocenters. The Balaban J connectivity index is 1.98. The van der Waals surface area contributed by atoms with Gasteiger partial charge in [-0.1, -0.05) is 25.9 Å². The van der Waals surface area contributed by atoms with Gasteiger partial charge in [0.1, 0.15) is 5.52 Å². The summed E-state index contributed by atoms with van der Waals surface area (Å²) in [5, 5.41) is 6.61. The maximum atomic E-state index is 14.8. The first-order valence-corrected chi connectivity index (χ1v) is 8.80. The Labute approximate surface area is 157 Å². The van der Waals surface area contributed by atoms with E-state index in [9.17, 15) is 9.18 Å². The average Bonchev–Trinajstić information content (AvgIpc) is 3.04. The van der Waals surface area contributed by atoms with Crippen molar-refractivity contribution in [1.82, 2.24) is 19.7 Å². The van der Waals surface area contributed by atoms with Crippen LogP contribution in [-0.4, -0.2) is 25.6 Å². The summed E-state index contributed by atoms with van der Waals surface area (Å²) in [6, 6.07) is 1.80. The number of aromatic nitrogens is 4. The molecule has 3 aromatic rings. The molecule has 0 aliphatic rings. The fourth-order valence-electron chi connectivity index (χ4n) is 2.91. The fourth-order valence-corrected chi connectivity index (χ4v) is 2.91. The maximum Gasteiger partial charge on any atom is 0.226 e. The van der Waals surface area contributed by atoms with Crippen LogP contribution in [0.2, 0.25) is 0 Å². The molecule has 0 unspecified atom stereocenters. The van der Waals surface area contributed by atoms with Crippen LogP contribution in [0.5, 0.6) is 0 Å². The number of amides is 1. The Morgan fingerprint density at radius 3 is 2.56 bits per heavy atom. The van der Waals surface area contributed by atoms with Crippen LogP contribution in [0.3, 0.4) is 0 Å². The van der Waals surface area contributed by atoms with Gasteiger partial charge in [0.2, 0.25) is 5.91 Å². The van der Waals surface area contributed by atoms with Gasteiger partial charge in [-0.3, -0.25) is 4.79 Å². The minimum absolute atomic E-state index is 0.125. The van der Waals surface area contributed by atoms with Crippen molar-refractivity contribution in [3.63, 3.8) is 0 Å². The van der Waals surface area contributed by atoms with Gasteiger partial charge in [-0.05, 0) is 26.2 Å². The van der Waals surface area contributed by atoms with Crippen LogP contribution in [0, 0.1) is 32.0 Å². The van der Waals surface area contributed by atoms with Gasteiger partial charge in [-0.25, -0.2) is 14.4 Å². The predicted molar refractivity (Wildman–Crippen MR) is 100 cm³/mol. The molecule has 0 aliphatic carbocycles. The highest BCUT2D eigenvalue weighted by Crippen LogP contribution is 2.26. The largest absolute Gasteiger partial charge is 0.359 e. The molecule has 0 aromatic carbocycles. The summed E-state index contributed by atoms with van der Waals surface area (Å²) in [5.41, 5.74) is 2.06. The summed E-state index contributed by atoms with van der Waals surface area (Å²) in [7, 11) is 0. The van der Waals surface area contributed by atoms with Gasteiger partial charge in [-0.15, -0.1) is 0 Å². The van der Waals surface area contributed by atoms with Gasteiger partial charge >= 0.3 is 0 Å². The minimum atomic E-state index is -0.458. The normalized spacial score (nSPS) is 12.0.